The Balaban J connectivity index is 1.94. The van der Waals surface area contributed by atoms with Gasteiger partial charge in [0.1, 0.15) is 5.82 Å². The molecule has 22 heavy (non-hydrogen) atoms. The number of benzene rings is 2. The molecule has 3 nitrogen and oxygen atoms in total. The Hall–Kier alpha value is -2.62. The molecule has 112 valence electrons. The second-order valence-corrected chi connectivity index (χ2v) is 5.33. The Labute approximate surface area is 129 Å². The average molecular weight is 296 g/mol. The number of amides is 1. The van der Waals surface area contributed by atoms with E-state index in [-0.39, 0.29) is 17.8 Å². The minimum atomic E-state index is -0.259. The molecule has 0 saturated heterocycles. The van der Waals surface area contributed by atoms with Crippen LogP contribution in [-0.2, 0) is 11.2 Å². The predicted octanol–water partition coefficient (Wildman–Crippen LogP) is 3.19. The first-order chi connectivity index (χ1) is 10.7. The van der Waals surface area contributed by atoms with E-state index in [0.717, 1.165) is 23.4 Å². The zero-order chi connectivity index (χ0) is 15.5. The molecule has 3 rings (SSSR count). The molecule has 0 fully saturated rings. The monoisotopic (exact) mass is 296 g/mol. The van der Waals surface area contributed by atoms with Gasteiger partial charge < -0.3 is 10.2 Å². The third-order valence-corrected chi connectivity index (χ3v) is 3.82. The zero-order valence-corrected chi connectivity index (χ0v) is 12.1. The van der Waals surface area contributed by atoms with Gasteiger partial charge in [0.25, 0.3) is 0 Å². The van der Waals surface area contributed by atoms with Gasteiger partial charge in [-0.25, -0.2) is 4.39 Å². The molecule has 1 atom stereocenters. The minimum Gasteiger partial charge on any atom is -0.348 e. The van der Waals surface area contributed by atoms with E-state index >= 15 is 0 Å². The van der Waals surface area contributed by atoms with Gasteiger partial charge in [-0.05, 0) is 48.4 Å². The summed E-state index contributed by atoms with van der Waals surface area (Å²) in [5, 5.41) is 2.95. The molecule has 0 bridgehead atoms. The summed E-state index contributed by atoms with van der Waals surface area (Å²) in [6, 6.07) is 14.5. The van der Waals surface area contributed by atoms with Gasteiger partial charge in [0.15, 0.2) is 0 Å². The van der Waals surface area contributed by atoms with Crippen LogP contribution in [0.25, 0.3) is 0 Å². The maximum atomic E-state index is 13.2. The summed E-state index contributed by atoms with van der Waals surface area (Å²) in [4.78, 5) is 13.7. The van der Waals surface area contributed by atoms with E-state index in [4.69, 9.17) is 0 Å². The van der Waals surface area contributed by atoms with E-state index in [1.54, 1.807) is 12.1 Å². The van der Waals surface area contributed by atoms with Crippen molar-refractivity contribution < 1.29 is 9.18 Å². The van der Waals surface area contributed by atoms with Gasteiger partial charge in [-0.2, -0.15) is 0 Å². The Morgan fingerprint density at radius 2 is 1.95 bits per heavy atom. The van der Waals surface area contributed by atoms with Crippen LogP contribution >= 0.6 is 0 Å². The van der Waals surface area contributed by atoms with Gasteiger partial charge in [0.05, 0.1) is 6.04 Å². The number of carbonyl (C=O) groups is 1. The second kappa shape index (κ2) is 6.02. The first kappa shape index (κ1) is 14.3. The van der Waals surface area contributed by atoms with Crippen molar-refractivity contribution in [3.05, 3.63) is 72.6 Å². The maximum Gasteiger partial charge on any atom is 0.243 e. The molecule has 1 unspecified atom stereocenters. The molecule has 0 spiro atoms. The molecule has 1 aliphatic heterocycles. The Kier molecular flexibility index (Phi) is 3.92. The van der Waals surface area contributed by atoms with Crippen LogP contribution in [0.2, 0.25) is 0 Å². The van der Waals surface area contributed by atoms with Gasteiger partial charge in [-0.3, -0.25) is 4.79 Å². The Morgan fingerprint density at radius 1 is 1.23 bits per heavy atom. The molecule has 1 heterocycles. The highest BCUT2D eigenvalue weighted by Crippen LogP contribution is 2.33. The highest BCUT2D eigenvalue weighted by molar-refractivity contribution is 5.87. The first-order valence-electron chi connectivity index (χ1n) is 7.21. The van der Waals surface area contributed by atoms with Crippen LogP contribution in [-0.4, -0.2) is 18.5 Å². The summed E-state index contributed by atoms with van der Waals surface area (Å²) < 4.78 is 13.2. The van der Waals surface area contributed by atoms with E-state index in [2.05, 4.69) is 22.9 Å². The lowest BCUT2D eigenvalue weighted by atomic mass is 9.97. The fraction of sp³-hybridized carbons (Fsp3) is 0.167. The molecule has 0 aliphatic carbocycles. The number of rotatable bonds is 3. The SMILES string of the molecule is C=CC(=O)NC1Cc2ccccc2N(c2ccc(F)cc2)C1. The van der Waals surface area contributed by atoms with Crippen LogP contribution in [0.3, 0.4) is 0 Å². The number of hydrogen-bond acceptors (Lipinski definition) is 2. The second-order valence-electron chi connectivity index (χ2n) is 5.33. The summed E-state index contributed by atoms with van der Waals surface area (Å²) >= 11 is 0. The average Bonchev–Trinajstić information content (AvgIpc) is 2.55. The Bertz CT molecular complexity index is 696. The zero-order valence-electron chi connectivity index (χ0n) is 12.1. The van der Waals surface area contributed by atoms with E-state index < -0.39 is 0 Å². The van der Waals surface area contributed by atoms with Crippen LogP contribution in [0.4, 0.5) is 15.8 Å². The summed E-state index contributed by atoms with van der Waals surface area (Å²) in [5.74, 6) is -0.436. The fourth-order valence-corrected chi connectivity index (χ4v) is 2.82. The summed E-state index contributed by atoms with van der Waals surface area (Å²) in [7, 11) is 0. The number of hydrogen-bond donors (Lipinski definition) is 1. The number of carbonyl (C=O) groups excluding carboxylic acids is 1. The maximum absolute atomic E-state index is 13.2. The van der Waals surface area contributed by atoms with Gasteiger partial charge in [-0.1, -0.05) is 24.8 Å². The van der Waals surface area contributed by atoms with E-state index in [1.807, 2.05) is 18.2 Å². The molecule has 0 aromatic heterocycles. The molecule has 0 saturated carbocycles. The standard InChI is InChI=1S/C18H17FN2O/c1-2-18(22)20-15-11-13-5-3-4-6-17(13)21(12-15)16-9-7-14(19)8-10-16/h2-10,15H,1,11-12H2,(H,20,22). The lowest BCUT2D eigenvalue weighted by Gasteiger charge is -2.36. The number of para-hydroxylation sites is 1. The van der Waals surface area contributed by atoms with Crippen LogP contribution < -0.4 is 10.2 Å². The predicted molar refractivity (Wildman–Crippen MR) is 85.7 cm³/mol. The first-order valence-corrected chi connectivity index (χ1v) is 7.21. The lowest BCUT2D eigenvalue weighted by molar-refractivity contribution is -0.117. The smallest absolute Gasteiger partial charge is 0.243 e. The number of halogens is 1. The van der Waals surface area contributed by atoms with Gasteiger partial charge >= 0.3 is 0 Å². The molecule has 0 radical (unpaired) electrons. The summed E-state index contributed by atoms with van der Waals surface area (Å²) in [6.07, 6.45) is 2.05. The molecule has 1 N–H and O–H groups in total. The number of fused-ring (bicyclic) bond motifs is 1. The molecular weight excluding hydrogens is 279 g/mol. The third kappa shape index (κ3) is 2.86. The van der Waals surface area contributed by atoms with Crippen molar-refractivity contribution >= 4 is 17.3 Å². The largest absolute Gasteiger partial charge is 0.348 e. The quantitative estimate of drug-likeness (QED) is 0.882. The summed E-state index contributed by atoms with van der Waals surface area (Å²) in [5.41, 5.74) is 3.16. The highest BCUT2D eigenvalue weighted by Gasteiger charge is 2.25. The number of anilines is 2. The van der Waals surface area contributed by atoms with Crippen molar-refractivity contribution in [2.24, 2.45) is 0 Å². The van der Waals surface area contributed by atoms with Crippen LogP contribution in [0.1, 0.15) is 5.56 Å². The summed E-state index contributed by atoms with van der Waals surface area (Å²) in [6.45, 7) is 4.13. The topological polar surface area (TPSA) is 32.3 Å². The molecule has 1 amide bonds. The van der Waals surface area contributed by atoms with Crippen LogP contribution in [0.15, 0.2) is 61.2 Å². The van der Waals surface area contributed by atoms with Gasteiger partial charge in [-0.15, -0.1) is 0 Å². The fourth-order valence-electron chi connectivity index (χ4n) is 2.82. The lowest BCUT2D eigenvalue weighted by Crippen LogP contribution is -2.46. The molecular formula is C18H17FN2O. The minimum absolute atomic E-state index is 0.00884. The van der Waals surface area contributed by atoms with Crippen LogP contribution in [0, 0.1) is 5.82 Å². The highest BCUT2D eigenvalue weighted by atomic mass is 19.1. The van der Waals surface area contributed by atoms with Crippen molar-refractivity contribution in [3.8, 4) is 0 Å². The number of nitrogens with one attached hydrogen (secondary N) is 1. The molecule has 1 aliphatic rings. The van der Waals surface area contributed by atoms with Crippen LogP contribution in [0.5, 0.6) is 0 Å². The van der Waals surface area contributed by atoms with Crippen molar-refractivity contribution in [1.82, 2.24) is 5.32 Å². The molecule has 4 heteroatoms. The van der Waals surface area contributed by atoms with Crippen molar-refractivity contribution in [2.45, 2.75) is 12.5 Å². The van der Waals surface area contributed by atoms with Gasteiger partial charge in [0.2, 0.25) is 5.91 Å². The van der Waals surface area contributed by atoms with Gasteiger partial charge in [0, 0.05) is 17.9 Å². The van der Waals surface area contributed by atoms with E-state index in [1.165, 1.54) is 18.2 Å². The normalized spacial score (nSPS) is 16.8. The van der Waals surface area contributed by atoms with E-state index in [0.29, 0.717) is 6.54 Å². The van der Waals surface area contributed by atoms with Crippen molar-refractivity contribution in [3.63, 3.8) is 0 Å². The third-order valence-electron chi connectivity index (χ3n) is 3.82. The Morgan fingerprint density at radius 3 is 2.68 bits per heavy atom. The van der Waals surface area contributed by atoms with Crippen molar-refractivity contribution in [2.75, 3.05) is 11.4 Å². The molecule has 2 aromatic rings. The molecule has 2 aromatic carbocycles. The van der Waals surface area contributed by atoms with Crippen molar-refractivity contribution in [1.29, 1.82) is 0 Å². The van der Waals surface area contributed by atoms with E-state index in [9.17, 15) is 9.18 Å². The number of nitrogens with zero attached hydrogens (tertiary/aromatic N) is 1.